The number of methoxy groups -OCH3 is 1. The number of hydrogen-bond donors (Lipinski definition) is 0. The number of hydrogen-bond acceptors (Lipinski definition) is 5. The summed E-state index contributed by atoms with van der Waals surface area (Å²) >= 11 is 0. The van der Waals surface area contributed by atoms with Crippen LogP contribution in [-0.2, 0) is 0 Å². The van der Waals surface area contributed by atoms with Gasteiger partial charge < -0.3 is 19.4 Å². The van der Waals surface area contributed by atoms with Gasteiger partial charge in [-0.1, -0.05) is 42.5 Å². The van der Waals surface area contributed by atoms with Crippen molar-refractivity contribution in [2.45, 2.75) is 6.92 Å². The van der Waals surface area contributed by atoms with Gasteiger partial charge in [0.2, 0.25) is 0 Å². The predicted molar refractivity (Wildman–Crippen MR) is 107 cm³/mol. The molecule has 0 aliphatic rings. The summed E-state index contributed by atoms with van der Waals surface area (Å²) in [5.74, 6) is -0.118. The standard InChI is InChI=1S/C23H19NO4/c1-3-28-19-12-11-14-7-4-5-8-15(14)21(19)18-13-17(23(25)26)16-9-6-10-20(27-2)22(16)24-18/h4-13H,3H2,1-2H3,(H,25,26)/p-1. The zero-order chi connectivity index (χ0) is 19.7. The molecule has 0 atom stereocenters. The zero-order valence-electron chi connectivity index (χ0n) is 15.6. The van der Waals surface area contributed by atoms with Crippen molar-refractivity contribution in [2.24, 2.45) is 0 Å². The van der Waals surface area contributed by atoms with Crippen LogP contribution in [0.4, 0.5) is 0 Å². The Bertz CT molecular complexity index is 1200. The number of rotatable bonds is 5. The summed E-state index contributed by atoms with van der Waals surface area (Å²) in [6.45, 7) is 2.39. The third-order valence-corrected chi connectivity index (χ3v) is 4.69. The number of aromatic carboxylic acids is 1. The topological polar surface area (TPSA) is 71.5 Å². The molecule has 0 fully saturated rings. The van der Waals surface area contributed by atoms with Gasteiger partial charge in [0.1, 0.15) is 17.0 Å². The third-order valence-electron chi connectivity index (χ3n) is 4.69. The summed E-state index contributed by atoms with van der Waals surface area (Å²) in [4.78, 5) is 16.6. The van der Waals surface area contributed by atoms with Crippen LogP contribution in [0.5, 0.6) is 11.5 Å². The lowest BCUT2D eigenvalue weighted by molar-refractivity contribution is -0.254. The summed E-state index contributed by atoms with van der Waals surface area (Å²) in [5.41, 5.74) is 1.78. The Balaban J connectivity index is 2.12. The summed E-state index contributed by atoms with van der Waals surface area (Å²) in [6, 6.07) is 18.4. The molecule has 1 heterocycles. The molecule has 4 rings (SSSR count). The average Bonchev–Trinajstić information content (AvgIpc) is 2.72. The molecule has 0 amide bonds. The predicted octanol–water partition coefficient (Wildman–Crippen LogP) is 3.83. The lowest BCUT2D eigenvalue weighted by Gasteiger charge is -2.16. The van der Waals surface area contributed by atoms with Crippen molar-refractivity contribution >= 4 is 27.6 Å². The van der Waals surface area contributed by atoms with E-state index in [0.717, 1.165) is 16.3 Å². The number of carboxylic acid groups (broad SMARTS) is 1. The van der Waals surface area contributed by atoms with E-state index in [-0.39, 0.29) is 5.56 Å². The van der Waals surface area contributed by atoms with Crippen LogP contribution in [0.15, 0.2) is 60.7 Å². The summed E-state index contributed by atoms with van der Waals surface area (Å²) < 4.78 is 11.2. The second kappa shape index (κ2) is 7.19. The number of pyridine rings is 1. The smallest absolute Gasteiger partial charge is 0.145 e. The highest BCUT2D eigenvalue weighted by molar-refractivity contribution is 6.07. The Hall–Kier alpha value is -3.60. The van der Waals surface area contributed by atoms with Crippen molar-refractivity contribution in [1.82, 2.24) is 4.98 Å². The monoisotopic (exact) mass is 372 g/mol. The molecule has 1 aromatic heterocycles. The van der Waals surface area contributed by atoms with Crippen LogP contribution in [-0.4, -0.2) is 24.7 Å². The first kappa shape index (κ1) is 17.8. The minimum absolute atomic E-state index is 0.0642. The van der Waals surface area contributed by atoms with E-state index in [0.29, 0.717) is 34.7 Å². The maximum Gasteiger partial charge on any atom is 0.145 e. The van der Waals surface area contributed by atoms with E-state index < -0.39 is 5.97 Å². The van der Waals surface area contributed by atoms with Crippen molar-refractivity contribution < 1.29 is 19.4 Å². The van der Waals surface area contributed by atoms with Crippen molar-refractivity contribution in [3.8, 4) is 22.8 Å². The molecule has 0 aliphatic carbocycles. The van der Waals surface area contributed by atoms with E-state index in [4.69, 9.17) is 14.5 Å². The minimum Gasteiger partial charge on any atom is -0.545 e. The molecule has 3 aromatic carbocycles. The van der Waals surface area contributed by atoms with Crippen LogP contribution in [0.2, 0.25) is 0 Å². The van der Waals surface area contributed by atoms with E-state index in [1.807, 2.05) is 43.3 Å². The Morgan fingerprint density at radius 1 is 1.00 bits per heavy atom. The Kier molecular flexibility index (Phi) is 4.57. The molecular weight excluding hydrogens is 354 g/mol. The highest BCUT2D eigenvalue weighted by atomic mass is 16.5. The number of para-hydroxylation sites is 1. The first-order chi connectivity index (χ1) is 13.6. The zero-order valence-corrected chi connectivity index (χ0v) is 15.6. The number of benzene rings is 3. The maximum absolute atomic E-state index is 11.9. The fraction of sp³-hybridized carbons (Fsp3) is 0.130. The number of carboxylic acids is 1. The summed E-state index contributed by atoms with van der Waals surface area (Å²) in [5, 5.41) is 14.3. The van der Waals surface area contributed by atoms with Gasteiger partial charge in [-0.15, -0.1) is 0 Å². The van der Waals surface area contributed by atoms with E-state index in [2.05, 4.69) is 0 Å². The van der Waals surface area contributed by atoms with Gasteiger partial charge >= 0.3 is 0 Å². The van der Waals surface area contributed by atoms with Gasteiger partial charge in [-0.2, -0.15) is 0 Å². The fourth-order valence-corrected chi connectivity index (χ4v) is 3.48. The van der Waals surface area contributed by atoms with Gasteiger partial charge in [0.25, 0.3) is 0 Å². The molecule has 0 radical (unpaired) electrons. The van der Waals surface area contributed by atoms with Crippen molar-refractivity contribution in [3.05, 3.63) is 66.2 Å². The first-order valence-electron chi connectivity index (χ1n) is 8.98. The van der Waals surface area contributed by atoms with Crippen molar-refractivity contribution in [2.75, 3.05) is 13.7 Å². The van der Waals surface area contributed by atoms with Gasteiger partial charge in [0.15, 0.2) is 0 Å². The Morgan fingerprint density at radius 3 is 2.54 bits per heavy atom. The summed E-state index contributed by atoms with van der Waals surface area (Å²) in [6.07, 6.45) is 0. The molecule has 0 saturated heterocycles. The number of carbonyl (C=O) groups excluding carboxylic acids is 1. The normalized spacial score (nSPS) is 10.9. The molecule has 5 nitrogen and oxygen atoms in total. The van der Waals surface area contributed by atoms with Crippen LogP contribution in [0.1, 0.15) is 17.3 Å². The second-order valence-electron chi connectivity index (χ2n) is 6.29. The second-order valence-corrected chi connectivity index (χ2v) is 6.29. The van der Waals surface area contributed by atoms with Crippen LogP contribution in [0.3, 0.4) is 0 Å². The molecule has 0 N–H and O–H groups in total. The number of ether oxygens (including phenoxy) is 2. The highest BCUT2D eigenvalue weighted by Crippen LogP contribution is 2.38. The van der Waals surface area contributed by atoms with Crippen molar-refractivity contribution in [3.63, 3.8) is 0 Å². The Labute approximate surface area is 162 Å². The quantitative estimate of drug-likeness (QED) is 0.532. The van der Waals surface area contributed by atoms with E-state index >= 15 is 0 Å². The first-order valence-corrected chi connectivity index (χ1v) is 8.98. The minimum atomic E-state index is -1.26. The SMILES string of the molecule is CCOc1ccc2ccccc2c1-c1cc(C(=O)[O-])c2cccc(OC)c2n1. The average molecular weight is 372 g/mol. The maximum atomic E-state index is 11.9. The third kappa shape index (κ3) is 2.91. The molecule has 0 unspecified atom stereocenters. The summed E-state index contributed by atoms with van der Waals surface area (Å²) in [7, 11) is 1.53. The number of nitrogens with zero attached hydrogens (tertiary/aromatic N) is 1. The molecule has 0 aliphatic heterocycles. The van der Waals surface area contributed by atoms with Crippen LogP contribution in [0.25, 0.3) is 32.9 Å². The molecule has 5 heteroatoms. The molecule has 0 saturated carbocycles. The van der Waals surface area contributed by atoms with E-state index in [1.54, 1.807) is 24.3 Å². The van der Waals surface area contributed by atoms with E-state index in [1.165, 1.54) is 7.11 Å². The fourth-order valence-electron chi connectivity index (χ4n) is 3.48. The van der Waals surface area contributed by atoms with Gasteiger partial charge in [0, 0.05) is 10.9 Å². The molecule has 0 bridgehead atoms. The lowest BCUT2D eigenvalue weighted by atomic mass is 9.98. The Morgan fingerprint density at radius 2 is 1.79 bits per heavy atom. The lowest BCUT2D eigenvalue weighted by Crippen LogP contribution is -2.22. The number of aromatic nitrogens is 1. The molecule has 28 heavy (non-hydrogen) atoms. The number of fused-ring (bicyclic) bond motifs is 2. The largest absolute Gasteiger partial charge is 0.545 e. The van der Waals surface area contributed by atoms with Gasteiger partial charge in [-0.05, 0) is 35.9 Å². The van der Waals surface area contributed by atoms with Crippen molar-refractivity contribution in [1.29, 1.82) is 0 Å². The molecular formula is C23H18NO4-. The highest BCUT2D eigenvalue weighted by Gasteiger charge is 2.17. The van der Waals surface area contributed by atoms with Crippen LogP contribution < -0.4 is 14.6 Å². The molecule has 4 aromatic rings. The van der Waals surface area contributed by atoms with Gasteiger partial charge in [0.05, 0.1) is 30.9 Å². The van der Waals surface area contributed by atoms with Gasteiger partial charge in [-0.3, -0.25) is 0 Å². The molecule has 140 valence electrons. The van der Waals surface area contributed by atoms with E-state index in [9.17, 15) is 9.90 Å². The number of carbonyl (C=O) groups is 1. The molecule has 0 spiro atoms. The van der Waals surface area contributed by atoms with Crippen LogP contribution in [0, 0.1) is 0 Å². The van der Waals surface area contributed by atoms with Crippen LogP contribution >= 0.6 is 0 Å². The van der Waals surface area contributed by atoms with Gasteiger partial charge in [-0.25, -0.2) is 4.98 Å².